The van der Waals surface area contributed by atoms with Crippen LogP contribution in [0.25, 0.3) is 0 Å². The fourth-order valence-electron chi connectivity index (χ4n) is 3.73. The van der Waals surface area contributed by atoms with Gasteiger partial charge in [-0.05, 0) is 25.5 Å². The predicted octanol–water partition coefficient (Wildman–Crippen LogP) is 2.72. The zero-order valence-electron chi connectivity index (χ0n) is 15.2. The summed E-state index contributed by atoms with van der Waals surface area (Å²) in [5, 5.41) is 8.75. The van der Waals surface area contributed by atoms with Gasteiger partial charge < -0.3 is 9.13 Å². The molecule has 1 saturated heterocycles. The van der Waals surface area contributed by atoms with Gasteiger partial charge in [-0.15, -0.1) is 10.2 Å². The molecule has 3 aromatic rings. The quantitative estimate of drug-likeness (QED) is 0.691. The molecule has 0 N–H and O–H groups in total. The Morgan fingerprint density at radius 3 is 2.89 bits per heavy atom. The highest BCUT2D eigenvalue weighted by Gasteiger charge is 2.26. The minimum atomic E-state index is -0.793. The van der Waals surface area contributed by atoms with E-state index >= 15 is 0 Å². The molecule has 2 aromatic heterocycles. The summed E-state index contributed by atoms with van der Waals surface area (Å²) in [6.07, 6.45) is 7.39. The average molecular weight is 372 g/mol. The summed E-state index contributed by atoms with van der Waals surface area (Å²) in [5.74, 6) is 0.495. The van der Waals surface area contributed by atoms with E-state index in [0.29, 0.717) is 18.7 Å². The van der Waals surface area contributed by atoms with E-state index in [1.54, 1.807) is 24.7 Å². The van der Waals surface area contributed by atoms with Crippen molar-refractivity contribution in [3.8, 4) is 0 Å². The molecule has 0 unspecified atom stereocenters. The lowest BCUT2D eigenvalue weighted by molar-refractivity contribution is 0.192. The second-order valence-corrected chi connectivity index (χ2v) is 7.06. The molecule has 1 fully saturated rings. The van der Waals surface area contributed by atoms with Gasteiger partial charge in [-0.1, -0.05) is 12.1 Å². The fraction of sp³-hybridized carbons (Fsp3) is 0.421. The number of likely N-dealkylation sites (tertiary alicyclic amines) is 1. The number of rotatable bonds is 5. The number of piperidine rings is 1. The molecule has 0 amide bonds. The molecule has 0 bridgehead atoms. The van der Waals surface area contributed by atoms with Gasteiger partial charge in [0.05, 0.1) is 12.9 Å². The maximum Gasteiger partial charge on any atom is 0.163 e. The Morgan fingerprint density at radius 2 is 2.07 bits per heavy atom. The van der Waals surface area contributed by atoms with Crippen molar-refractivity contribution in [1.82, 2.24) is 29.2 Å². The second-order valence-electron chi connectivity index (χ2n) is 7.06. The molecule has 4 rings (SSSR count). The number of hydrogen-bond donors (Lipinski definition) is 0. The van der Waals surface area contributed by atoms with Crippen LogP contribution >= 0.6 is 0 Å². The number of hydrogen-bond acceptors (Lipinski definition) is 4. The zero-order valence-corrected chi connectivity index (χ0v) is 15.2. The summed E-state index contributed by atoms with van der Waals surface area (Å²) in [5.41, 5.74) is 0.398. The topological polar surface area (TPSA) is 51.8 Å². The number of nitrogens with zero attached hydrogens (tertiary/aromatic N) is 6. The van der Waals surface area contributed by atoms with E-state index in [1.165, 1.54) is 0 Å². The third-order valence-corrected chi connectivity index (χ3v) is 5.18. The lowest BCUT2D eigenvalue weighted by Gasteiger charge is -2.32. The number of imidazole rings is 1. The Morgan fingerprint density at radius 1 is 1.19 bits per heavy atom. The standard InChI is InChI=1S/C19H22F2N6/c1-25-17(12-27-9-7-22-13-27)23-24-19(25)15-5-3-8-26(11-15)10-14-4-2-6-16(20)18(14)21/h2,4,6-7,9,13,15H,3,5,8,10-12H2,1H3/t15-/m0/s1. The molecule has 27 heavy (non-hydrogen) atoms. The number of aromatic nitrogens is 5. The first-order valence-corrected chi connectivity index (χ1v) is 9.11. The minimum absolute atomic E-state index is 0.226. The van der Waals surface area contributed by atoms with Crippen molar-refractivity contribution in [3.63, 3.8) is 0 Å². The third-order valence-electron chi connectivity index (χ3n) is 5.18. The molecular weight excluding hydrogens is 350 g/mol. The molecule has 1 atom stereocenters. The van der Waals surface area contributed by atoms with Crippen molar-refractivity contribution in [2.45, 2.75) is 31.8 Å². The highest BCUT2D eigenvalue weighted by atomic mass is 19.2. The van der Waals surface area contributed by atoms with Crippen molar-refractivity contribution in [2.24, 2.45) is 7.05 Å². The van der Waals surface area contributed by atoms with Gasteiger partial charge in [0.1, 0.15) is 5.82 Å². The van der Waals surface area contributed by atoms with Crippen LogP contribution in [-0.2, 0) is 20.1 Å². The van der Waals surface area contributed by atoms with E-state index in [1.807, 2.05) is 22.4 Å². The van der Waals surface area contributed by atoms with Crippen LogP contribution < -0.4 is 0 Å². The van der Waals surface area contributed by atoms with Crippen LogP contribution in [-0.4, -0.2) is 42.3 Å². The normalized spacial score (nSPS) is 18.1. The maximum atomic E-state index is 14.0. The first kappa shape index (κ1) is 17.8. The van der Waals surface area contributed by atoms with Crippen LogP contribution in [0.3, 0.4) is 0 Å². The van der Waals surface area contributed by atoms with E-state index in [2.05, 4.69) is 20.1 Å². The van der Waals surface area contributed by atoms with E-state index < -0.39 is 11.6 Å². The maximum absolute atomic E-state index is 14.0. The van der Waals surface area contributed by atoms with Crippen LogP contribution in [0, 0.1) is 11.6 Å². The molecule has 142 valence electrons. The van der Waals surface area contributed by atoms with Crippen molar-refractivity contribution in [1.29, 1.82) is 0 Å². The van der Waals surface area contributed by atoms with Crippen molar-refractivity contribution in [2.75, 3.05) is 13.1 Å². The Hall–Kier alpha value is -2.61. The second kappa shape index (κ2) is 7.56. The van der Waals surface area contributed by atoms with Crippen LogP contribution in [0.4, 0.5) is 8.78 Å². The van der Waals surface area contributed by atoms with E-state index in [4.69, 9.17) is 0 Å². The van der Waals surface area contributed by atoms with Gasteiger partial charge in [0, 0.05) is 44.0 Å². The number of benzene rings is 1. The largest absolute Gasteiger partial charge is 0.330 e. The van der Waals surface area contributed by atoms with Gasteiger partial charge in [-0.25, -0.2) is 13.8 Å². The Labute approximate surface area is 156 Å². The van der Waals surface area contributed by atoms with Crippen LogP contribution in [0.15, 0.2) is 36.9 Å². The monoisotopic (exact) mass is 372 g/mol. The van der Waals surface area contributed by atoms with E-state index in [-0.39, 0.29) is 5.92 Å². The summed E-state index contributed by atoms with van der Waals surface area (Å²) in [7, 11) is 1.98. The Bertz CT molecular complexity index is 905. The van der Waals surface area contributed by atoms with Gasteiger partial charge in [0.2, 0.25) is 0 Å². The van der Waals surface area contributed by atoms with E-state index in [0.717, 1.165) is 43.6 Å². The zero-order chi connectivity index (χ0) is 18.8. The SMILES string of the molecule is Cn1c(Cn2ccnc2)nnc1[C@H]1CCCN(Cc2cccc(F)c2F)C1. The van der Waals surface area contributed by atoms with Gasteiger partial charge in [-0.3, -0.25) is 4.90 Å². The third kappa shape index (κ3) is 3.75. The van der Waals surface area contributed by atoms with Crippen LogP contribution in [0.1, 0.15) is 36.0 Å². The van der Waals surface area contributed by atoms with Crippen LogP contribution in [0.5, 0.6) is 0 Å². The first-order valence-electron chi connectivity index (χ1n) is 9.11. The minimum Gasteiger partial charge on any atom is -0.330 e. The predicted molar refractivity (Wildman–Crippen MR) is 95.9 cm³/mol. The molecular formula is C19H22F2N6. The van der Waals surface area contributed by atoms with E-state index in [9.17, 15) is 8.78 Å². The molecule has 1 aliphatic rings. The Balaban J connectivity index is 1.47. The highest BCUT2D eigenvalue weighted by molar-refractivity contribution is 5.19. The highest BCUT2D eigenvalue weighted by Crippen LogP contribution is 2.27. The lowest BCUT2D eigenvalue weighted by Crippen LogP contribution is -2.35. The van der Waals surface area contributed by atoms with Crippen molar-refractivity contribution in [3.05, 3.63) is 65.8 Å². The summed E-state index contributed by atoms with van der Waals surface area (Å²) in [6, 6.07) is 4.35. The smallest absolute Gasteiger partial charge is 0.163 e. The fourth-order valence-corrected chi connectivity index (χ4v) is 3.73. The molecule has 1 aromatic carbocycles. The molecule has 6 nitrogen and oxygen atoms in total. The molecule has 0 spiro atoms. The van der Waals surface area contributed by atoms with Crippen molar-refractivity contribution < 1.29 is 8.78 Å². The Kier molecular flexibility index (Phi) is 4.98. The molecule has 1 aliphatic heterocycles. The summed E-state index contributed by atoms with van der Waals surface area (Å²) < 4.78 is 31.4. The summed E-state index contributed by atoms with van der Waals surface area (Å²) in [6.45, 7) is 2.65. The van der Waals surface area contributed by atoms with Gasteiger partial charge in [0.25, 0.3) is 0 Å². The summed E-state index contributed by atoms with van der Waals surface area (Å²) in [4.78, 5) is 6.21. The summed E-state index contributed by atoms with van der Waals surface area (Å²) >= 11 is 0. The van der Waals surface area contributed by atoms with Gasteiger partial charge >= 0.3 is 0 Å². The van der Waals surface area contributed by atoms with Gasteiger partial charge in [-0.2, -0.15) is 0 Å². The average Bonchev–Trinajstić information content (AvgIpc) is 3.30. The van der Waals surface area contributed by atoms with Crippen molar-refractivity contribution >= 4 is 0 Å². The van der Waals surface area contributed by atoms with Gasteiger partial charge in [0.15, 0.2) is 17.5 Å². The molecule has 8 heteroatoms. The first-order chi connectivity index (χ1) is 13.1. The molecule has 3 heterocycles. The molecule has 0 saturated carbocycles. The lowest BCUT2D eigenvalue weighted by atomic mass is 9.96. The number of halogens is 2. The molecule has 0 aliphatic carbocycles. The molecule has 0 radical (unpaired) electrons. The van der Waals surface area contributed by atoms with Crippen LogP contribution in [0.2, 0.25) is 0 Å².